The minimum absolute atomic E-state index is 2.68. The lowest BCUT2D eigenvalue weighted by atomic mass is 15.8. The highest BCUT2D eigenvalue weighted by molar-refractivity contribution is 7.94. The van der Waals surface area contributed by atoms with E-state index in [4.69, 9.17) is 26.6 Å². The molecule has 0 amide bonds. The van der Waals surface area contributed by atoms with Crippen molar-refractivity contribution >= 4 is 31.2 Å². The molecule has 0 saturated heterocycles. The highest BCUT2D eigenvalue weighted by Gasteiger charge is 2.15. The van der Waals surface area contributed by atoms with Crippen LogP contribution in [0, 0.1) is 0 Å². The van der Waals surface area contributed by atoms with Crippen LogP contribution in [0.4, 0.5) is 0 Å². The average Bonchev–Trinajstić information content (AvgIpc) is 1.42. The Kier molecular flexibility index (Phi) is 5.67. The van der Waals surface area contributed by atoms with Crippen LogP contribution in [0.2, 0.25) is 0 Å². The number of hydrogen-bond donors (Lipinski definition) is 4. The summed E-state index contributed by atoms with van der Waals surface area (Å²) in [7, 11) is -14.9. The Bertz CT molecular complexity index is 403. The summed E-state index contributed by atoms with van der Waals surface area (Å²) in [5, 5.41) is 0. The molecule has 0 heterocycles. The predicted molar refractivity (Wildman–Crippen MR) is 38.4 cm³/mol. The molecule has 0 aromatic rings. The van der Waals surface area contributed by atoms with Crippen molar-refractivity contribution in [1.82, 2.24) is 0 Å². The van der Waals surface area contributed by atoms with Gasteiger partial charge in [-0.15, -0.1) is 3.63 Å². The average molecular weight is 276 g/mol. The third-order valence-electron chi connectivity index (χ3n) is 0.172. The molecule has 0 unspecified atom stereocenters. The molecule has 0 saturated carbocycles. The van der Waals surface area contributed by atoms with Crippen LogP contribution in [0.5, 0.6) is 0 Å². The third kappa shape index (κ3) is 41.4. The second kappa shape index (κ2) is 4.94. The molecule has 11 nitrogen and oxygen atoms in total. The van der Waals surface area contributed by atoms with E-state index in [2.05, 4.69) is 3.63 Å². The Balaban J connectivity index is 0. The number of hydrogen-bond acceptors (Lipinski definition) is 7. The van der Waals surface area contributed by atoms with Crippen LogP contribution in [0.25, 0.3) is 0 Å². The SMILES string of the molecule is O=S(=O)(O)O.O=S(=O)(O)OS(=O)(=O)O. The van der Waals surface area contributed by atoms with E-state index in [0.29, 0.717) is 0 Å². The lowest BCUT2D eigenvalue weighted by molar-refractivity contribution is 0.343. The first kappa shape index (κ1) is 16.1. The highest BCUT2D eigenvalue weighted by Crippen LogP contribution is 1.91. The topological polar surface area (TPSA) is 193 Å². The summed E-state index contributed by atoms with van der Waals surface area (Å²) < 4.78 is 87.2. The molecule has 0 fully saturated rings. The molecule has 88 valence electrons. The van der Waals surface area contributed by atoms with Crippen LogP contribution >= 0.6 is 0 Å². The van der Waals surface area contributed by atoms with Gasteiger partial charge in [-0.3, -0.25) is 18.2 Å². The molecular weight excluding hydrogens is 272 g/mol. The Labute approximate surface area is 78.8 Å². The molecule has 0 atom stereocenters. The van der Waals surface area contributed by atoms with E-state index in [1.54, 1.807) is 0 Å². The van der Waals surface area contributed by atoms with Gasteiger partial charge in [-0.25, -0.2) is 0 Å². The molecule has 0 bridgehead atoms. The maximum absolute atomic E-state index is 9.44. The van der Waals surface area contributed by atoms with Gasteiger partial charge < -0.3 is 0 Å². The molecule has 0 aromatic carbocycles. The molecule has 0 aliphatic rings. The molecule has 0 aliphatic heterocycles. The molecule has 0 radical (unpaired) electrons. The molecule has 14 heavy (non-hydrogen) atoms. The number of rotatable bonds is 2. The van der Waals surface area contributed by atoms with Crippen molar-refractivity contribution in [3.8, 4) is 0 Å². The second-order valence-corrected chi connectivity index (χ2v) is 4.52. The van der Waals surface area contributed by atoms with Gasteiger partial charge in [0.05, 0.1) is 0 Å². The Morgan fingerprint density at radius 3 is 0.786 bits per heavy atom. The lowest BCUT2D eigenvalue weighted by Crippen LogP contribution is -2.10. The van der Waals surface area contributed by atoms with Crippen LogP contribution in [-0.2, 0) is 34.8 Å². The van der Waals surface area contributed by atoms with Crippen molar-refractivity contribution in [2.75, 3.05) is 0 Å². The predicted octanol–water partition coefficient (Wildman–Crippen LogP) is -2.04. The van der Waals surface area contributed by atoms with E-state index < -0.39 is 31.2 Å². The van der Waals surface area contributed by atoms with E-state index in [-0.39, 0.29) is 0 Å². The quantitative estimate of drug-likeness (QED) is 0.405. The van der Waals surface area contributed by atoms with Gasteiger partial charge in [-0.2, -0.15) is 25.3 Å². The lowest BCUT2D eigenvalue weighted by Gasteiger charge is -1.89. The molecule has 0 aliphatic carbocycles. The van der Waals surface area contributed by atoms with Gasteiger partial charge in [0.2, 0.25) is 0 Å². The summed E-state index contributed by atoms with van der Waals surface area (Å²) in [6.07, 6.45) is 0. The zero-order valence-corrected chi connectivity index (χ0v) is 8.32. The Morgan fingerprint density at radius 1 is 0.643 bits per heavy atom. The van der Waals surface area contributed by atoms with E-state index in [1.165, 1.54) is 0 Å². The van der Waals surface area contributed by atoms with Crippen molar-refractivity contribution in [3.63, 3.8) is 0 Å². The van der Waals surface area contributed by atoms with Crippen molar-refractivity contribution in [2.24, 2.45) is 0 Å². The normalized spacial score (nSPS) is 12.9. The van der Waals surface area contributed by atoms with Gasteiger partial charge in [-0.05, 0) is 0 Å². The summed E-state index contributed by atoms with van der Waals surface area (Å²) in [4.78, 5) is 0. The minimum Gasteiger partial charge on any atom is -0.264 e. The van der Waals surface area contributed by atoms with Gasteiger partial charge in [0.25, 0.3) is 0 Å². The maximum atomic E-state index is 9.44. The molecule has 0 aromatic heterocycles. The fourth-order valence-electron chi connectivity index (χ4n) is 0.109. The van der Waals surface area contributed by atoms with Crippen LogP contribution in [0.15, 0.2) is 0 Å². The molecule has 14 heteroatoms. The summed E-state index contributed by atoms with van der Waals surface area (Å²) >= 11 is 0. The van der Waals surface area contributed by atoms with Crippen molar-refractivity contribution in [2.45, 2.75) is 0 Å². The standard InChI is InChI=1S/H2O7S2.H2O4S/c1-8(2,3)7-9(4,5)6;1-5(2,3)4/h(H,1,2,3)(H,4,5,6);(H2,1,2,3,4). The van der Waals surface area contributed by atoms with Crippen molar-refractivity contribution < 1.29 is 47.1 Å². The summed E-state index contributed by atoms with van der Waals surface area (Å²) in [5.41, 5.74) is 0. The minimum atomic E-state index is -5.12. The highest BCUT2D eigenvalue weighted by atomic mass is 32.3. The van der Waals surface area contributed by atoms with E-state index in [0.717, 1.165) is 0 Å². The zero-order valence-electron chi connectivity index (χ0n) is 5.87. The van der Waals surface area contributed by atoms with Gasteiger partial charge >= 0.3 is 31.2 Å². The fourth-order valence-corrected chi connectivity index (χ4v) is 0.978. The summed E-state index contributed by atoms with van der Waals surface area (Å²) in [6, 6.07) is 0. The second-order valence-electron chi connectivity index (χ2n) is 1.37. The fraction of sp³-hybridized carbons (Fsp3) is 0. The maximum Gasteiger partial charge on any atom is 0.413 e. The first-order chi connectivity index (χ1) is 5.71. The molecule has 4 N–H and O–H groups in total. The first-order valence-corrected chi connectivity index (χ1v) is 6.19. The van der Waals surface area contributed by atoms with E-state index >= 15 is 0 Å². The molecule has 0 spiro atoms. The van der Waals surface area contributed by atoms with E-state index in [1.807, 2.05) is 0 Å². The van der Waals surface area contributed by atoms with Crippen LogP contribution in [0.3, 0.4) is 0 Å². The smallest absolute Gasteiger partial charge is 0.264 e. The summed E-state index contributed by atoms with van der Waals surface area (Å²) in [5.74, 6) is 0. The van der Waals surface area contributed by atoms with Crippen molar-refractivity contribution in [1.29, 1.82) is 0 Å². The Morgan fingerprint density at radius 2 is 0.786 bits per heavy atom. The van der Waals surface area contributed by atoms with Gasteiger partial charge in [0, 0.05) is 0 Å². The first-order valence-electron chi connectivity index (χ1n) is 2.06. The van der Waals surface area contributed by atoms with Gasteiger partial charge in [-0.1, -0.05) is 0 Å². The van der Waals surface area contributed by atoms with Gasteiger partial charge in [0.1, 0.15) is 0 Å². The third-order valence-corrected chi connectivity index (χ3v) is 1.55. The summed E-state index contributed by atoms with van der Waals surface area (Å²) in [6.45, 7) is 0. The van der Waals surface area contributed by atoms with Crippen LogP contribution < -0.4 is 0 Å². The largest absolute Gasteiger partial charge is 0.413 e. The van der Waals surface area contributed by atoms with Crippen molar-refractivity contribution in [3.05, 3.63) is 0 Å². The van der Waals surface area contributed by atoms with Crippen LogP contribution in [0.1, 0.15) is 0 Å². The monoisotopic (exact) mass is 276 g/mol. The zero-order chi connectivity index (χ0) is 12.2. The molecular formula is H4O11S3. The van der Waals surface area contributed by atoms with Gasteiger partial charge in [0.15, 0.2) is 0 Å². The molecule has 0 rings (SSSR count). The van der Waals surface area contributed by atoms with E-state index in [9.17, 15) is 16.8 Å². The Hall–Kier alpha value is -0.350. The van der Waals surface area contributed by atoms with Crippen LogP contribution in [-0.4, -0.2) is 43.5 Å².